The minimum absolute atomic E-state index is 0.0832. The molecule has 0 aliphatic carbocycles. The number of urea groups is 1. The Morgan fingerprint density at radius 1 is 1.25 bits per heavy atom. The zero-order valence-electron chi connectivity index (χ0n) is 16.3. The predicted octanol–water partition coefficient (Wildman–Crippen LogP) is 2.62. The number of carbonyl (C=O) groups excluding carboxylic acids is 2. The van der Waals surface area contributed by atoms with Gasteiger partial charge < -0.3 is 20.1 Å². The number of morpholine rings is 1. The van der Waals surface area contributed by atoms with E-state index in [2.05, 4.69) is 15.5 Å². The van der Waals surface area contributed by atoms with E-state index >= 15 is 0 Å². The molecule has 3 unspecified atom stereocenters. The van der Waals surface area contributed by atoms with Crippen LogP contribution in [0.5, 0.6) is 0 Å². The Morgan fingerprint density at radius 2 is 1.89 bits per heavy atom. The summed E-state index contributed by atoms with van der Waals surface area (Å²) in [5.74, 6) is -0.445. The second-order valence-corrected chi connectivity index (χ2v) is 7.58. The molecule has 3 rings (SSSR count). The van der Waals surface area contributed by atoms with Gasteiger partial charge in [0, 0.05) is 30.4 Å². The highest BCUT2D eigenvalue weighted by Crippen LogP contribution is 2.29. The fourth-order valence-electron chi connectivity index (χ4n) is 3.73. The number of esters is 1. The molecule has 1 fully saturated rings. The number of hydrogen-bond acceptors (Lipinski definition) is 5. The predicted molar refractivity (Wildman–Crippen MR) is 106 cm³/mol. The summed E-state index contributed by atoms with van der Waals surface area (Å²) >= 11 is 5.99. The van der Waals surface area contributed by atoms with Crippen LogP contribution in [0.15, 0.2) is 35.5 Å². The van der Waals surface area contributed by atoms with E-state index in [1.54, 1.807) is 31.2 Å². The van der Waals surface area contributed by atoms with Crippen molar-refractivity contribution in [1.82, 2.24) is 15.5 Å². The zero-order chi connectivity index (χ0) is 20.3. The maximum Gasteiger partial charge on any atom is 0.338 e. The summed E-state index contributed by atoms with van der Waals surface area (Å²) in [4.78, 5) is 27.3. The third-order valence-corrected chi connectivity index (χ3v) is 4.98. The monoisotopic (exact) mass is 407 g/mol. The summed E-state index contributed by atoms with van der Waals surface area (Å²) in [6.45, 7) is 7.92. The quantitative estimate of drug-likeness (QED) is 0.733. The van der Waals surface area contributed by atoms with Crippen molar-refractivity contribution in [3.05, 3.63) is 46.1 Å². The Kier molecular flexibility index (Phi) is 6.59. The highest BCUT2D eigenvalue weighted by Gasteiger charge is 2.35. The summed E-state index contributed by atoms with van der Waals surface area (Å²) in [7, 11) is 0. The van der Waals surface area contributed by atoms with E-state index in [0.717, 1.165) is 18.7 Å². The van der Waals surface area contributed by atoms with Crippen LogP contribution in [0.1, 0.15) is 32.4 Å². The summed E-state index contributed by atoms with van der Waals surface area (Å²) in [5, 5.41) is 6.23. The lowest BCUT2D eigenvalue weighted by atomic mass is 9.95. The minimum atomic E-state index is -0.601. The van der Waals surface area contributed by atoms with E-state index in [1.807, 2.05) is 13.8 Å². The van der Waals surface area contributed by atoms with E-state index in [1.165, 1.54) is 0 Å². The van der Waals surface area contributed by atoms with Gasteiger partial charge in [0.05, 0.1) is 30.4 Å². The maximum absolute atomic E-state index is 12.8. The normalized spacial score (nSPS) is 25.9. The molecular formula is C20H26ClN3O4. The van der Waals surface area contributed by atoms with E-state index in [0.29, 0.717) is 22.8 Å². The van der Waals surface area contributed by atoms with Crippen LogP contribution >= 0.6 is 11.6 Å². The van der Waals surface area contributed by atoms with Crippen molar-refractivity contribution in [2.45, 2.75) is 39.0 Å². The van der Waals surface area contributed by atoms with E-state index in [9.17, 15) is 9.59 Å². The van der Waals surface area contributed by atoms with Crippen LogP contribution in [0, 0.1) is 0 Å². The molecule has 2 N–H and O–H groups in total. The molecule has 1 saturated heterocycles. The molecule has 7 nitrogen and oxygen atoms in total. The lowest BCUT2D eigenvalue weighted by Crippen LogP contribution is -2.51. The summed E-state index contributed by atoms with van der Waals surface area (Å²) in [6.07, 6.45) is 0.166. The molecule has 2 aliphatic heterocycles. The number of carbonyl (C=O) groups is 2. The van der Waals surface area contributed by atoms with Gasteiger partial charge in [-0.1, -0.05) is 23.7 Å². The van der Waals surface area contributed by atoms with Gasteiger partial charge >= 0.3 is 12.0 Å². The first-order valence-corrected chi connectivity index (χ1v) is 9.86. The third-order valence-electron chi connectivity index (χ3n) is 4.73. The molecule has 28 heavy (non-hydrogen) atoms. The second kappa shape index (κ2) is 8.94. The number of benzene rings is 1. The largest absolute Gasteiger partial charge is 0.463 e. The minimum Gasteiger partial charge on any atom is -0.463 e. The van der Waals surface area contributed by atoms with E-state index in [-0.39, 0.29) is 24.8 Å². The number of nitrogens with one attached hydrogen (secondary N) is 2. The van der Waals surface area contributed by atoms with Crippen molar-refractivity contribution in [3.8, 4) is 0 Å². The van der Waals surface area contributed by atoms with Gasteiger partial charge in [-0.15, -0.1) is 0 Å². The van der Waals surface area contributed by atoms with Gasteiger partial charge in [-0.05, 0) is 38.5 Å². The Balaban J connectivity index is 1.96. The number of ether oxygens (including phenoxy) is 2. The molecular weight excluding hydrogens is 382 g/mol. The van der Waals surface area contributed by atoms with Crippen LogP contribution in [0.4, 0.5) is 4.79 Å². The van der Waals surface area contributed by atoms with Crippen molar-refractivity contribution in [1.29, 1.82) is 0 Å². The van der Waals surface area contributed by atoms with Gasteiger partial charge in [-0.25, -0.2) is 9.59 Å². The van der Waals surface area contributed by atoms with Gasteiger partial charge in [-0.3, -0.25) is 4.90 Å². The van der Waals surface area contributed by atoms with E-state index < -0.39 is 12.0 Å². The summed E-state index contributed by atoms with van der Waals surface area (Å²) in [5.41, 5.74) is 1.74. The molecule has 0 spiro atoms. The Labute approximate surface area is 170 Å². The first-order valence-electron chi connectivity index (χ1n) is 9.48. The van der Waals surface area contributed by atoms with Crippen molar-refractivity contribution >= 4 is 23.6 Å². The Bertz CT molecular complexity index is 755. The van der Waals surface area contributed by atoms with Crippen molar-refractivity contribution < 1.29 is 19.1 Å². The van der Waals surface area contributed by atoms with Crippen LogP contribution in [0.25, 0.3) is 0 Å². The molecule has 1 aromatic rings. The van der Waals surface area contributed by atoms with Gasteiger partial charge in [0.1, 0.15) is 0 Å². The average Bonchev–Trinajstić information content (AvgIpc) is 2.61. The molecule has 0 radical (unpaired) electrons. The molecule has 2 aliphatic rings. The Hall–Kier alpha value is -2.09. The first-order chi connectivity index (χ1) is 13.4. The molecule has 3 atom stereocenters. The number of amides is 2. The molecule has 0 aromatic heterocycles. The van der Waals surface area contributed by atoms with Crippen molar-refractivity contribution in [2.24, 2.45) is 0 Å². The molecule has 8 heteroatoms. The van der Waals surface area contributed by atoms with Crippen molar-refractivity contribution in [3.63, 3.8) is 0 Å². The number of rotatable bonds is 5. The van der Waals surface area contributed by atoms with Crippen LogP contribution in [-0.4, -0.2) is 55.3 Å². The van der Waals surface area contributed by atoms with Crippen LogP contribution in [0.2, 0.25) is 5.02 Å². The van der Waals surface area contributed by atoms with Gasteiger partial charge in [0.25, 0.3) is 0 Å². The summed E-state index contributed by atoms with van der Waals surface area (Å²) in [6, 6.07) is 6.12. The zero-order valence-corrected chi connectivity index (χ0v) is 17.1. The van der Waals surface area contributed by atoms with Crippen molar-refractivity contribution in [2.75, 3.05) is 26.2 Å². The average molecular weight is 408 g/mol. The molecule has 1 aromatic carbocycles. The Morgan fingerprint density at radius 3 is 2.50 bits per heavy atom. The van der Waals surface area contributed by atoms with Gasteiger partial charge in [0.15, 0.2) is 0 Å². The van der Waals surface area contributed by atoms with E-state index in [4.69, 9.17) is 21.1 Å². The standard InChI is InChI=1S/C20H26ClN3O4/c1-4-27-19(25)17-16(11-24-9-12(2)28-13(3)10-24)22-20(26)23-18(17)14-5-7-15(21)8-6-14/h5-8,12-13,18H,4,9-11H2,1-3H3,(H2,22,23,26). The fraction of sp³-hybridized carbons (Fsp3) is 0.500. The highest BCUT2D eigenvalue weighted by molar-refractivity contribution is 6.30. The fourth-order valence-corrected chi connectivity index (χ4v) is 3.86. The van der Waals surface area contributed by atoms with Crippen LogP contribution in [-0.2, 0) is 14.3 Å². The molecule has 2 heterocycles. The number of halogens is 1. The molecule has 152 valence electrons. The smallest absolute Gasteiger partial charge is 0.338 e. The number of hydrogen-bond donors (Lipinski definition) is 2. The van der Waals surface area contributed by atoms with Gasteiger partial charge in [0.2, 0.25) is 0 Å². The molecule has 0 saturated carbocycles. The third kappa shape index (κ3) is 4.84. The van der Waals surface area contributed by atoms with Crippen LogP contribution in [0.3, 0.4) is 0 Å². The second-order valence-electron chi connectivity index (χ2n) is 7.15. The SMILES string of the molecule is CCOC(=O)C1=C(CN2CC(C)OC(C)C2)NC(=O)NC1c1ccc(Cl)cc1. The topological polar surface area (TPSA) is 79.9 Å². The van der Waals surface area contributed by atoms with Gasteiger partial charge in [-0.2, -0.15) is 0 Å². The lowest BCUT2D eigenvalue weighted by molar-refractivity contribution is -0.139. The molecule has 2 amide bonds. The summed E-state index contributed by atoms with van der Waals surface area (Å²) < 4.78 is 11.1. The lowest BCUT2D eigenvalue weighted by Gasteiger charge is -2.37. The first kappa shape index (κ1) is 20.6. The van der Waals surface area contributed by atoms with Crippen LogP contribution < -0.4 is 10.6 Å². The highest BCUT2D eigenvalue weighted by atomic mass is 35.5. The number of nitrogens with zero attached hydrogens (tertiary/aromatic N) is 1. The molecule has 0 bridgehead atoms. The maximum atomic E-state index is 12.8.